The molecule has 0 aromatic heterocycles. The summed E-state index contributed by atoms with van der Waals surface area (Å²) >= 11 is 0. The first-order valence-electron chi connectivity index (χ1n) is 10.8. The molecule has 2 nitrogen and oxygen atoms in total. The van der Waals surface area contributed by atoms with Crippen molar-refractivity contribution in [3.05, 3.63) is 60.9 Å². The van der Waals surface area contributed by atoms with Crippen LogP contribution in [0.1, 0.15) is 56.1 Å². The van der Waals surface area contributed by atoms with E-state index in [0.29, 0.717) is 11.5 Å². The van der Waals surface area contributed by atoms with Crippen LogP contribution in [0, 0.1) is 48.9 Å². The van der Waals surface area contributed by atoms with Crippen molar-refractivity contribution in [1.29, 1.82) is 0 Å². The van der Waals surface area contributed by atoms with Crippen LogP contribution >= 0.6 is 0 Å². The lowest BCUT2D eigenvalue weighted by molar-refractivity contribution is 0.0598. The molecule has 4 aliphatic carbocycles. The first kappa shape index (κ1) is 18.0. The van der Waals surface area contributed by atoms with Crippen molar-refractivity contribution in [1.82, 2.24) is 5.32 Å². The Balaban J connectivity index is 1.30. The molecule has 1 aromatic carbocycles. The molecular formula is C25H32NO. The number of methoxy groups -OCH3 is 1. The molecule has 3 fully saturated rings. The minimum atomic E-state index is 0.537. The molecule has 3 saturated carbocycles. The van der Waals surface area contributed by atoms with Crippen LogP contribution in [0.4, 0.5) is 0 Å². The van der Waals surface area contributed by atoms with Gasteiger partial charge in [-0.1, -0.05) is 13.0 Å². The molecule has 27 heavy (non-hydrogen) atoms. The topological polar surface area (TPSA) is 21.3 Å². The van der Waals surface area contributed by atoms with Crippen molar-refractivity contribution in [3.63, 3.8) is 0 Å². The largest absolute Gasteiger partial charge is 0.497 e. The molecule has 5 radical (unpaired) electrons. The summed E-state index contributed by atoms with van der Waals surface area (Å²) in [7, 11) is 1.78. The zero-order valence-electron chi connectivity index (χ0n) is 16.7. The predicted molar refractivity (Wildman–Crippen MR) is 110 cm³/mol. The number of hydrogen-bond acceptors (Lipinski definition) is 2. The summed E-state index contributed by atoms with van der Waals surface area (Å²) < 4.78 is 5.46. The molecule has 0 heterocycles. The van der Waals surface area contributed by atoms with E-state index in [0.717, 1.165) is 30.0 Å². The van der Waals surface area contributed by atoms with E-state index < -0.39 is 0 Å². The maximum atomic E-state index is 5.46. The number of ether oxygens (including phenoxy) is 1. The summed E-state index contributed by atoms with van der Waals surface area (Å²) in [4.78, 5) is 0. The van der Waals surface area contributed by atoms with E-state index in [1.165, 1.54) is 44.4 Å². The molecule has 4 aliphatic rings. The van der Waals surface area contributed by atoms with E-state index in [4.69, 9.17) is 4.74 Å². The van der Waals surface area contributed by atoms with Crippen molar-refractivity contribution < 1.29 is 4.74 Å². The van der Waals surface area contributed by atoms with Gasteiger partial charge in [0.1, 0.15) is 5.75 Å². The van der Waals surface area contributed by atoms with Gasteiger partial charge in [-0.3, -0.25) is 0 Å². The lowest BCUT2D eigenvalue weighted by Gasteiger charge is -2.49. The Labute approximate surface area is 165 Å². The van der Waals surface area contributed by atoms with Gasteiger partial charge in [0.25, 0.3) is 0 Å². The lowest BCUT2D eigenvalue weighted by atomic mass is 9.56. The van der Waals surface area contributed by atoms with E-state index in [1.807, 2.05) is 0 Å². The van der Waals surface area contributed by atoms with Gasteiger partial charge < -0.3 is 10.1 Å². The van der Waals surface area contributed by atoms with E-state index in [1.54, 1.807) is 18.2 Å². The molecule has 5 atom stereocenters. The Morgan fingerprint density at radius 2 is 2.04 bits per heavy atom. The Bertz CT molecular complexity index is 679. The Hall–Kier alpha value is -1.02. The number of benzene rings is 1. The van der Waals surface area contributed by atoms with Crippen LogP contribution in [0.3, 0.4) is 0 Å². The van der Waals surface area contributed by atoms with E-state index in [-0.39, 0.29) is 0 Å². The first-order valence-corrected chi connectivity index (χ1v) is 10.8. The molecule has 1 N–H and O–H groups in total. The highest BCUT2D eigenvalue weighted by atomic mass is 16.5. The van der Waals surface area contributed by atoms with Gasteiger partial charge in [0.05, 0.1) is 7.11 Å². The second kappa shape index (κ2) is 7.10. The number of rotatable bonds is 4. The van der Waals surface area contributed by atoms with Gasteiger partial charge >= 0.3 is 0 Å². The number of hydrogen-bond donors (Lipinski definition) is 1. The number of fused-ring (bicyclic) bond motifs is 5. The predicted octanol–water partition coefficient (Wildman–Crippen LogP) is 4.91. The zero-order valence-corrected chi connectivity index (χ0v) is 16.7. The Morgan fingerprint density at radius 3 is 2.85 bits per heavy atom. The zero-order chi connectivity index (χ0) is 18.4. The smallest absolute Gasteiger partial charge is 0.119 e. The third-order valence-electron chi connectivity index (χ3n) is 8.03. The monoisotopic (exact) mass is 362 g/mol. The quantitative estimate of drug-likeness (QED) is 0.821. The Kier molecular flexibility index (Phi) is 4.74. The van der Waals surface area contributed by atoms with Crippen molar-refractivity contribution >= 4 is 0 Å². The SMILES string of the molecule is COc1ccc2c(c1)CC[C@@H]1[C@@H]2CC[C@]2(C)C[C@@H](NC[C]3[CH][CH][CH][CH]3)C[C@@H]12. The normalized spacial score (nSPS) is 38.3. The van der Waals surface area contributed by atoms with Gasteiger partial charge in [-0.15, -0.1) is 0 Å². The van der Waals surface area contributed by atoms with Crippen LogP contribution in [0.25, 0.3) is 0 Å². The summed E-state index contributed by atoms with van der Waals surface area (Å²) in [5.41, 5.74) is 3.71. The van der Waals surface area contributed by atoms with Crippen LogP contribution in [0.2, 0.25) is 0 Å². The second-order valence-electron chi connectivity index (χ2n) is 9.48. The second-order valence-corrected chi connectivity index (χ2v) is 9.48. The van der Waals surface area contributed by atoms with Gasteiger partial charge in [-0.05, 0) is 117 Å². The highest BCUT2D eigenvalue weighted by Gasteiger charge is 2.52. The van der Waals surface area contributed by atoms with E-state index >= 15 is 0 Å². The van der Waals surface area contributed by atoms with Crippen molar-refractivity contribution in [2.45, 2.75) is 57.4 Å². The molecular weight excluding hydrogens is 330 g/mol. The van der Waals surface area contributed by atoms with E-state index in [9.17, 15) is 0 Å². The molecule has 2 heteroatoms. The van der Waals surface area contributed by atoms with Gasteiger partial charge in [0.2, 0.25) is 0 Å². The molecule has 0 spiro atoms. The molecule has 5 rings (SSSR count). The van der Waals surface area contributed by atoms with Crippen LogP contribution in [-0.4, -0.2) is 19.7 Å². The average molecular weight is 363 g/mol. The van der Waals surface area contributed by atoms with E-state index in [2.05, 4.69) is 56.1 Å². The van der Waals surface area contributed by atoms with Gasteiger partial charge in [-0.25, -0.2) is 0 Å². The van der Waals surface area contributed by atoms with Crippen LogP contribution < -0.4 is 10.1 Å². The first-order chi connectivity index (χ1) is 13.2. The molecule has 143 valence electrons. The fraction of sp³-hybridized carbons (Fsp3) is 0.560. The lowest BCUT2D eigenvalue weighted by Crippen LogP contribution is -2.39. The molecule has 1 aromatic rings. The Morgan fingerprint density at radius 1 is 1.19 bits per heavy atom. The van der Waals surface area contributed by atoms with Gasteiger partial charge in [-0.2, -0.15) is 0 Å². The standard InChI is InChI=1S/C25H32NO/c1-25-12-11-22-21-10-8-20(27-2)13-18(21)7-9-23(22)24(25)14-19(15-25)26-16-17-5-3-4-6-17/h3-6,8,10,13,19,22-24,26H,7,9,11-12,14-16H2,1-2H3/t19-,22+,23+,24-,25+/m0/s1. The number of aryl methyl sites for hydroxylation is 1. The minimum Gasteiger partial charge on any atom is -0.497 e. The molecule has 0 unspecified atom stereocenters. The summed E-state index contributed by atoms with van der Waals surface area (Å²) in [6, 6.07) is 7.52. The van der Waals surface area contributed by atoms with Gasteiger partial charge in [0, 0.05) is 12.6 Å². The fourth-order valence-electron chi connectivity index (χ4n) is 6.69. The minimum absolute atomic E-state index is 0.537. The highest BCUT2D eigenvalue weighted by molar-refractivity contribution is 5.41. The number of nitrogens with one attached hydrogen (secondary N) is 1. The third-order valence-corrected chi connectivity index (χ3v) is 8.03. The summed E-state index contributed by atoms with van der Waals surface area (Å²) in [6.45, 7) is 3.61. The summed E-state index contributed by atoms with van der Waals surface area (Å²) in [6.07, 6.45) is 16.8. The molecule has 0 amide bonds. The maximum Gasteiger partial charge on any atom is 0.119 e. The third kappa shape index (κ3) is 3.22. The molecule has 0 bridgehead atoms. The highest BCUT2D eigenvalue weighted by Crippen LogP contribution is 2.61. The summed E-state index contributed by atoms with van der Waals surface area (Å²) in [5, 5.41) is 3.88. The summed E-state index contributed by atoms with van der Waals surface area (Å²) in [5.74, 6) is 4.96. The van der Waals surface area contributed by atoms with Crippen molar-refractivity contribution in [2.24, 2.45) is 17.3 Å². The molecule has 0 saturated heterocycles. The van der Waals surface area contributed by atoms with Crippen molar-refractivity contribution in [3.8, 4) is 5.75 Å². The van der Waals surface area contributed by atoms with Crippen LogP contribution in [0.5, 0.6) is 5.75 Å². The fourth-order valence-corrected chi connectivity index (χ4v) is 6.69. The van der Waals surface area contributed by atoms with Crippen molar-refractivity contribution in [2.75, 3.05) is 13.7 Å². The maximum absolute atomic E-state index is 5.46. The average Bonchev–Trinajstić information content (AvgIpc) is 3.32. The molecule has 0 aliphatic heterocycles. The van der Waals surface area contributed by atoms with Gasteiger partial charge in [0.15, 0.2) is 0 Å². The van der Waals surface area contributed by atoms with Crippen LogP contribution in [-0.2, 0) is 6.42 Å². The van der Waals surface area contributed by atoms with Crippen LogP contribution in [0.15, 0.2) is 18.2 Å².